The number of methoxy groups -OCH3 is 1. The van der Waals surface area contributed by atoms with Gasteiger partial charge in [0.1, 0.15) is 11.5 Å². The number of rotatable bonds is 6. The van der Waals surface area contributed by atoms with E-state index in [1.807, 2.05) is 19.1 Å². The molecule has 0 saturated carbocycles. The maximum absolute atomic E-state index is 9.11. The molecule has 1 aliphatic rings. The largest absolute Gasteiger partial charge is 0.493 e. The van der Waals surface area contributed by atoms with Crippen LogP contribution in [0.4, 0.5) is 0 Å². The number of hydrogen-bond donors (Lipinski definition) is 1. The highest BCUT2D eigenvalue weighted by atomic mass is 16.7. The predicted octanol–water partition coefficient (Wildman–Crippen LogP) is 2.48. The molecule has 1 aromatic carbocycles. The van der Waals surface area contributed by atoms with E-state index < -0.39 is 0 Å². The zero-order valence-corrected chi connectivity index (χ0v) is 12.1. The molecule has 1 heterocycles. The standard InChI is InChI=1S/C16H22O4/c1-12(10-17)5-7-14-15(20-11-18-2)8-6-13-4-3-9-19-16(13)14/h5-6,8,17H,3-4,7,9-11H2,1-2H3/b12-5+. The highest BCUT2D eigenvalue weighted by molar-refractivity contribution is 5.52. The van der Waals surface area contributed by atoms with E-state index >= 15 is 0 Å². The van der Waals surface area contributed by atoms with Gasteiger partial charge in [0.25, 0.3) is 0 Å². The summed E-state index contributed by atoms with van der Waals surface area (Å²) in [4.78, 5) is 0. The van der Waals surface area contributed by atoms with Gasteiger partial charge in [-0.3, -0.25) is 0 Å². The van der Waals surface area contributed by atoms with Crippen molar-refractivity contribution in [2.45, 2.75) is 26.2 Å². The molecule has 0 aliphatic carbocycles. The van der Waals surface area contributed by atoms with E-state index in [4.69, 9.17) is 19.3 Å². The van der Waals surface area contributed by atoms with E-state index in [1.54, 1.807) is 7.11 Å². The van der Waals surface area contributed by atoms with Crippen LogP contribution in [-0.4, -0.2) is 32.2 Å². The fourth-order valence-electron chi connectivity index (χ4n) is 2.26. The number of allylic oxidation sites excluding steroid dienone is 1. The second kappa shape index (κ2) is 7.31. The third-order valence-electron chi connectivity index (χ3n) is 3.37. The van der Waals surface area contributed by atoms with E-state index in [1.165, 1.54) is 5.56 Å². The maximum Gasteiger partial charge on any atom is 0.188 e. The van der Waals surface area contributed by atoms with Crippen molar-refractivity contribution in [1.29, 1.82) is 0 Å². The molecule has 0 radical (unpaired) electrons. The normalized spacial score (nSPS) is 14.7. The Kier molecular flexibility index (Phi) is 5.44. The van der Waals surface area contributed by atoms with Gasteiger partial charge in [-0.05, 0) is 37.8 Å². The van der Waals surface area contributed by atoms with Crippen LogP contribution in [0.5, 0.6) is 11.5 Å². The van der Waals surface area contributed by atoms with E-state index in [0.717, 1.165) is 42.1 Å². The number of hydrogen-bond acceptors (Lipinski definition) is 4. The molecule has 20 heavy (non-hydrogen) atoms. The molecule has 0 bridgehead atoms. The first kappa shape index (κ1) is 14.9. The Morgan fingerprint density at radius 2 is 2.30 bits per heavy atom. The van der Waals surface area contributed by atoms with Crippen LogP contribution in [0.15, 0.2) is 23.8 Å². The molecule has 1 N–H and O–H groups in total. The molecule has 110 valence electrons. The lowest BCUT2D eigenvalue weighted by Gasteiger charge is -2.22. The topological polar surface area (TPSA) is 47.9 Å². The lowest BCUT2D eigenvalue weighted by atomic mass is 9.99. The Labute approximate surface area is 120 Å². The molecule has 1 aliphatic heterocycles. The van der Waals surface area contributed by atoms with Gasteiger partial charge >= 0.3 is 0 Å². The lowest BCUT2D eigenvalue weighted by molar-refractivity contribution is 0.0502. The fourth-order valence-corrected chi connectivity index (χ4v) is 2.26. The van der Waals surface area contributed by atoms with Crippen molar-refractivity contribution < 1.29 is 19.3 Å². The van der Waals surface area contributed by atoms with Crippen LogP contribution >= 0.6 is 0 Å². The van der Waals surface area contributed by atoms with Gasteiger partial charge < -0.3 is 19.3 Å². The predicted molar refractivity (Wildman–Crippen MR) is 77.3 cm³/mol. The summed E-state index contributed by atoms with van der Waals surface area (Å²) >= 11 is 0. The van der Waals surface area contributed by atoms with Gasteiger partial charge in [0.15, 0.2) is 6.79 Å². The van der Waals surface area contributed by atoms with Gasteiger partial charge in [0.05, 0.1) is 13.2 Å². The summed E-state index contributed by atoms with van der Waals surface area (Å²) in [5.74, 6) is 1.72. The molecule has 0 fully saturated rings. The molecular weight excluding hydrogens is 256 g/mol. The molecule has 0 aromatic heterocycles. The molecule has 4 heteroatoms. The molecule has 4 nitrogen and oxygen atoms in total. The summed E-state index contributed by atoms with van der Waals surface area (Å²) in [6.45, 7) is 2.95. The third kappa shape index (κ3) is 3.52. The summed E-state index contributed by atoms with van der Waals surface area (Å²) in [7, 11) is 1.60. The minimum atomic E-state index is 0.0736. The molecule has 0 saturated heterocycles. The van der Waals surface area contributed by atoms with Crippen LogP contribution in [0.1, 0.15) is 24.5 Å². The van der Waals surface area contributed by atoms with Gasteiger partial charge in [-0.25, -0.2) is 0 Å². The molecular formula is C16H22O4. The summed E-state index contributed by atoms with van der Waals surface area (Å²) in [5.41, 5.74) is 3.20. The van der Waals surface area contributed by atoms with Gasteiger partial charge in [0.2, 0.25) is 0 Å². The summed E-state index contributed by atoms with van der Waals surface area (Å²) in [6, 6.07) is 4.04. The summed E-state index contributed by atoms with van der Waals surface area (Å²) in [5, 5.41) is 9.11. The average Bonchev–Trinajstić information content (AvgIpc) is 2.50. The quantitative estimate of drug-likeness (QED) is 0.641. The first-order chi connectivity index (χ1) is 9.76. The average molecular weight is 278 g/mol. The smallest absolute Gasteiger partial charge is 0.188 e. The molecule has 1 aromatic rings. The Morgan fingerprint density at radius 3 is 3.05 bits per heavy atom. The minimum absolute atomic E-state index is 0.0736. The lowest BCUT2D eigenvalue weighted by Crippen LogP contribution is -2.12. The van der Waals surface area contributed by atoms with Gasteiger partial charge in [-0.1, -0.05) is 17.7 Å². The number of ether oxygens (including phenoxy) is 3. The van der Waals surface area contributed by atoms with Crippen molar-refractivity contribution in [2.75, 3.05) is 27.1 Å². The molecule has 2 rings (SSSR count). The Bertz CT molecular complexity index is 480. The number of benzene rings is 1. The van der Waals surface area contributed by atoms with Gasteiger partial charge in [-0.15, -0.1) is 0 Å². The van der Waals surface area contributed by atoms with Crippen molar-refractivity contribution >= 4 is 0 Å². The zero-order valence-electron chi connectivity index (χ0n) is 12.1. The van der Waals surface area contributed by atoms with Crippen molar-refractivity contribution in [3.05, 3.63) is 34.9 Å². The van der Waals surface area contributed by atoms with Crippen LogP contribution in [0, 0.1) is 0 Å². The highest BCUT2D eigenvalue weighted by Crippen LogP contribution is 2.36. The number of fused-ring (bicyclic) bond motifs is 1. The Hall–Kier alpha value is -1.52. The van der Waals surface area contributed by atoms with Crippen molar-refractivity contribution in [3.63, 3.8) is 0 Å². The minimum Gasteiger partial charge on any atom is -0.493 e. The van der Waals surface area contributed by atoms with Crippen molar-refractivity contribution in [3.8, 4) is 11.5 Å². The molecule has 0 amide bonds. The molecule has 0 unspecified atom stereocenters. The first-order valence-electron chi connectivity index (χ1n) is 6.92. The van der Waals surface area contributed by atoms with Crippen molar-refractivity contribution in [1.82, 2.24) is 0 Å². The number of aryl methyl sites for hydroxylation is 1. The molecule has 0 atom stereocenters. The first-order valence-corrected chi connectivity index (χ1v) is 6.92. The highest BCUT2D eigenvalue weighted by Gasteiger charge is 2.18. The van der Waals surface area contributed by atoms with E-state index in [0.29, 0.717) is 6.42 Å². The fraction of sp³-hybridized carbons (Fsp3) is 0.500. The number of aliphatic hydroxyl groups is 1. The summed E-state index contributed by atoms with van der Waals surface area (Å²) < 4.78 is 16.4. The van der Waals surface area contributed by atoms with Gasteiger partial charge in [-0.2, -0.15) is 0 Å². The van der Waals surface area contributed by atoms with Crippen LogP contribution in [-0.2, 0) is 17.6 Å². The van der Waals surface area contributed by atoms with Gasteiger partial charge in [0, 0.05) is 12.7 Å². The number of aliphatic hydroxyl groups excluding tert-OH is 1. The van der Waals surface area contributed by atoms with E-state index in [9.17, 15) is 0 Å². The third-order valence-corrected chi connectivity index (χ3v) is 3.37. The van der Waals surface area contributed by atoms with Crippen LogP contribution in [0.3, 0.4) is 0 Å². The van der Waals surface area contributed by atoms with Crippen molar-refractivity contribution in [2.24, 2.45) is 0 Å². The Balaban J connectivity index is 2.31. The zero-order chi connectivity index (χ0) is 14.4. The van der Waals surface area contributed by atoms with E-state index in [-0.39, 0.29) is 13.4 Å². The monoisotopic (exact) mass is 278 g/mol. The second-order valence-electron chi connectivity index (χ2n) is 4.95. The second-order valence-corrected chi connectivity index (χ2v) is 4.95. The SMILES string of the molecule is COCOc1ccc2c(c1C/C=C(\C)CO)OCCC2. The molecule has 0 spiro atoms. The Morgan fingerprint density at radius 1 is 1.45 bits per heavy atom. The maximum atomic E-state index is 9.11. The van der Waals surface area contributed by atoms with Crippen LogP contribution in [0.2, 0.25) is 0 Å². The summed E-state index contributed by atoms with van der Waals surface area (Å²) in [6.07, 6.45) is 4.79. The van der Waals surface area contributed by atoms with E-state index in [2.05, 4.69) is 6.07 Å². The van der Waals surface area contributed by atoms with Crippen LogP contribution < -0.4 is 9.47 Å². The van der Waals surface area contributed by atoms with Crippen LogP contribution in [0.25, 0.3) is 0 Å².